The van der Waals surface area contributed by atoms with Crippen molar-refractivity contribution in [3.63, 3.8) is 0 Å². The van der Waals surface area contributed by atoms with Gasteiger partial charge in [0.1, 0.15) is 0 Å². The third-order valence-corrected chi connectivity index (χ3v) is 4.52. The molecule has 0 atom stereocenters. The van der Waals surface area contributed by atoms with Crippen LogP contribution in [0.1, 0.15) is 30.0 Å². The number of ether oxygens (including phenoxy) is 2. The van der Waals surface area contributed by atoms with E-state index in [0.29, 0.717) is 5.88 Å². The van der Waals surface area contributed by atoms with Gasteiger partial charge in [0.25, 0.3) is 0 Å². The number of thiazole rings is 1. The quantitative estimate of drug-likeness (QED) is 0.410. The van der Waals surface area contributed by atoms with E-state index in [2.05, 4.69) is 15.3 Å². The summed E-state index contributed by atoms with van der Waals surface area (Å²) >= 11 is 7.49. The molecule has 0 spiro atoms. The van der Waals surface area contributed by atoms with Crippen molar-refractivity contribution in [3.05, 3.63) is 16.1 Å². The van der Waals surface area contributed by atoms with Crippen LogP contribution >= 0.6 is 22.9 Å². The molecule has 0 bridgehead atoms. The molecule has 0 aliphatic rings. The van der Waals surface area contributed by atoms with Gasteiger partial charge in [-0.2, -0.15) is 0 Å². The van der Waals surface area contributed by atoms with E-state index in [4.69, 9.17) is 21.1 Å². The number of aromatic nitrogens is 1. The fourth-order valence-corrected chi connectivity index (χ4v) is 3.19. The van der Waals surface area contributed by atoms with Crippen LogP contribution in [0.25, 0.3) is 0 Å². The maximum absolute atomic E-state index is 5.77. The topological polar surface area (TPSA) is 34.6 Å². The minimum atomic E-state index is 0.515. The van der Waals surface area contributed by atoms with Crippen LogP contribution in [-0.4, -0.2) is 57.0 Å². The third kappa shape index (κ3) is 8.73. The molecule has 0 aliphatic carbocycles. The van der Waals surface area contributed by atoms with E-state index in [1.165, 1.54) is 17.8 Å². The number of alkyl halides is 1. The van der Waals surface area contributed by atoms with Gasteiger partial charge < -0.3 is 14.4 Å². The zero-order chi connectivity index (χ0) is 15.3. The van der Waals surface area contributed by atoms with Crippen LogP contribution < -0.4 is 0 Å². The molecule has 0 N–H and O–H groups in total. The average molecular weight is 335 g/mol. The van der Waals surface area contributed by atoms with Crippen molar-refractivity contribution < 1.29 is 9.47 Å². The minimum Gasteiger partial charge on any atom is -0.385 e. The number of unbranched alkanes of at least 4 members (excludes halogenated alkanes) is 1. The summed E-state index contributed by atoms with van der Waals surface area (Å²) in [4.78, 5) is 6.95. The van der Waals surface area contributed by atoms with E-state index in [0.717, 1.165) is 51.4 Å². The zero-order valence-electron chi connectivity index (χ0n) is 13.1. The molecule has 6 heteroatoms. The molecule has 1 heterocycles. The summed E-state index contributed by atoms with van der Waals surface area (Å²) < 4.78 is 10.3. The molecule has 122 valence electrons. The number of hydrogen-bond acceptors (Lipinski definition) is 5. The smallest absolute Gasteiger partial charge is 0.0928 e. The molecule has 0 fully saturated rings. The zero-order valence-corrected chi connectivity index (χ0v) is 14.7. The van der Waals surface area contributed by atoms with Crippen molar-refractivity contribution in [1.29, 1.82) is 0 Å². The van der Waals surface area contributed by atoms with Gasteiger partial charge in [-0.3, -0.25) is 0 Å². The SMILES string of the molecule is COCCCN(CCCCc1nc(CCl)cs1)CCOC. The standard InChI is InChI=1S/C15H27ClN2O2S/c1-19-10-5-8-18(9-11-20-2)7-4-3-6-15-17-14(12-16)13-21-15/h13H,3-12H2,1-2H3. The maximum atomic E-state index is 5.77. The van der Waals surface area contributed by atoms with Crippen LogP contribution in [0.5, 0.6) is 0 Å². The second kappa shape index (κ2) is 12.4. The van der Waals surface area contributed by atoms with Gasteiger partial charge in [-0.25, -0.2) is 4.98 Å². The molecule has 1 aromatic rings. The molecular formula is C15H27ClN2O2S. The lowest BCUT2D eigenvalue weighted by Crippen LogP contribution is -2.30. The summed E-state index contributed by atoms with van der Waals surface area (Å²) in [5.41, 5.74) is 0.998. The van der Waals surface area contributed by atoms with Crippen LogP contribution in [-0.2, 0) is 21.8 Å². The molecular weight excluding hydrogens is 308 g/mol. The summed E-state index contributed by atoms with van der Waals surface area (Å²) in [6, 6.07) is 0. The second-order valence-electron chi connectivity index (χ2n) is 5.00. The van der Waals surface area contributed by atoms with Crippen molar-refractivity contribution in [2.24, 2.45) is 0 Å². The number of aryl methyl sites for hydroxylation is 1. The fourth-order valence-electron chi connectivity index (χ4n) is 2.13. The van der Waals surface area contributed by atoms with E-state index in [1.807, 2.05) is 0 Å². The Bertz CT molecular complexity index is 363. The lowest BCUT2D eigenvalue weighted by Gasteiger charge is -2.21. The van der Waals surface area contributed by atoms with Gasteiger partial charge in [0.15, 0.2) is 0 Å². The fraction of sp³-hybridized carbons (Fsp3) is 0.800. The summed E-state index contributed by atoms with van der Waals surface area (Å²) in [7, 11) is 3.51. The lowest BCUT2D eigenvalue weighted by molar-refractivity contribution is 0.131. The molecule has 0 aromatic carbocycles. The molecule has 1 aromatic heterocycles. The number of methoxy groups -OCH3 is 2. The van der Waals surface area contributed by atoms with Gasteiger partial charge in [0, 0.05) is 39.3 Å². The first-order chi connectivity index (χ1) is 10.3. The van der Waals surface area contributed by atoms with Gasteiger partial charge in [-0.05, 0) is 32.2 Å². The van der Waals surface area contributed by atoms with Crippen LogP contribution in [0.15, 0.2) is 5.38 Å². The molecule has 0 amide bonds. The van der Waals surface area contributed by atoms with Crippen molar-refractivity contribution in [3.8, 4) is 0 Å². The first kappa shape index (κ1) is 18.8. The molecule has 1 rings (SSSR count). The monoisotopic (exact) mass is 334 g/mol. The van der Waals surface area contributed by atoms with Gasteiger partial charge in [0.2, 0.25) is 0 Å². The highest BCUT2D eigenvalue weighted by molar-refractivity contribution is 7.09. The van der Waals surface area contributed by atoms with Crippen LogP contribution in [0.2, 0.25) is 0 Å². The maximum Gasteiger partial charge on any atom is 0.0928 e. The van der Waals surface area contributed by atoms with E-state index >= 15 is 0 Å². The molecule has 0 radical (unpaired) electrons. The molecule has 0 saturated heterocycles. The van der Waals surface area contributed by atoms with Gasteiger partial charge in [0.05, 0.1) is 23.2 Å². The number of hydrogen-bond donors (Lipinski definition) is 0. The second-order valence-corrected chi connectivity index (χ2v) is 6.21. The Labute approximate surface area is 137 Å². The summed E-state index contributed by atoms with van der Waals surface area (Å²) in [5.74, 6) is 0.515. The normalized spacial score (nSPS) is 11.4. The largest absolute Gasteiger partial charge is 0.385 e. The molecule has 4 nitrogen and oxygen atoms in total. The minimum absolute atomic E-state index is 0.515. The molecule has 0 saturated carbocycles. The van der Waals surface area contributed by atoms with Crippen LogP contribution in [0.3, 0.4) is 0 Å². The Morgan fingerprint density at radius 1 is 1.10 bits per heavy atom. The Kier molecular flexibility index (Phi) is 11.1. The number of halogens is 1. The molecule has 0 unspecified atom stereocenters. The Morgan fingerprint density at radius 3 is 2.52 bits per heavy atom. The highest BCUT2D eigenvalue weighted by atomic mass is 35.5. The van der Waals surface area contributed by atoms with E-state index in [1.54, 1.807) is 25.6 Å². The van der Waals surface area contributed by atoms with Crippen molar-refractivity contribution >= 4 is 22.9 Å². The number of nitrogens with zero attached hydrogens (tertiary/aromatic N) is 2. The highest BCUT2D eigenvalue weighted by Crippen LogP contribution is 2.14. The molecule has 21 heavy (non-hydrogen) atoms. The lowest BCUT2D eigenvalue weighted by atomic mass is 10.2. The first-order valence-corrected chi connectivity index (χ1v) is 8.91. The van der Waals surface area contributed by atoms with E-state index in [9.17, 15) is 0 Å². The van der Waals surface area contributed by atoms with Crippen molar-refractivity contribution in [2.45, 2.75) is 31.6 Å². The predicted octanol–water partition coefficient (Wildman–Crippen LogP) is 3.19. The van der Waals surface area contributed by atoms with Gasteiger partial charge >= 0.3 is 0 Å². The van der Waals surface area contributed by atoms with Crippen molar-refractivity contribution in [2.75, 3.05) is 47.1 Å². The molecule has 0 aliphatic heterocycles. The Hall–Kier alpha value is -0.200. The van der Waals surface area contributed by atoms with Crippen LogP contribution in [0.4, 0.5) is 0 Å². The van der Waals surface area contributed by atoms with Gasteiger partial charge in [-0.15, -0.1) is 22.9 Å². The van der Waals surface area contributed by atoms with Crippen LogP contribution in [0, 0.1) is 0 Å². The van der Waals surface area contributed by atoms with E-state index in [-0.39, 0.29) is 0 Å². The Balaban J connectivity index is 2.18. The number of rotatable bonds is 13. The van der Waals surface area contributed by atoms with Crippen molar-refractivity contribution in [1.82, 2.24) is 9.88 Å². The highest BCUT2D eigenvalue weighted by Gasteiger charge is 2.05. The summed E-state index contributed by atoms with van der Waals surface area (Å²) in [6.07, 6.45) is 4.49. The third-order valence-electron chi connectivity index (χ3n) is 3.29. The van der Waals surface area contributed by atoms with E-state index < -0.39 is 0 Å². The first-order valence-electron chi connectivity index (χ1n) is 7.49. The average Bonchev–Trinajstić information content (AvgIpc) is 2.96. The van der Waals surface area contributed by atoms with Gasteiger partial charge in [-0.1, -0.05) is 0 Å². The Morgan fingerprint density at radius 2 is 1.86 bits per heavy atom. The summed E-state index contributed by atoms with van der Waals surface area (Å²) in [5, 5.41) is 3.26. The predicted molar refractivity (Wildman–Crippen MR) is 89.4 cm³/mol. The summed E-state index contributed by atoms with van der Waals surface area (Å²) in [6.45, 7) is 4.79.